The first kappa shape index (κ1) is 18.6. The highest BCUT2D eigenvalue weighted by atomic mass is 19.1. The molecule has 2 rings (SSSR count). The van der Waals surface area contributed by atoms with Crippen LogP contribution in [0.3, 0.4) is 0 Å². The van der Waals surface area contributed by atoms with Gasteiger partial charge in [-0.2, -0.15) is 0 Å². The van der Waals surface area contributed by atoms with E-state index in [0.29, 0.717) is 11.3 Å². The maximum Gasteiger partial charge on any atom is 0.239 e. The maximum atomic E-state index is 13.6. The zero-order valence-corrected chi connectivity index (χ0v) is 14.7. The van der Waals surface area contributed by atoms with Crippen molar-refractivity contribution in [3.63, 3.8) is 0 Å². The van der Waals surface area contributed by atoms with E-state index in [0.717, 1.165) is 6.42 Å². The molecule has 0 fully saturated rings. The Kier molecular flexibility index (Phi) is 5.91. The van der Waals surface area contributed by atoms with Gasteiger partial charge in [0.05, 0.1) is 0 Å². The van der Waals surface area contributed by atoms with E-state index in [2.05, 4.69) is 17.6 Å². The lowest BCUT2D eigenvalue weighted by molar-refractivity contribution is -0.138. The number of benzene rings is 2. The van der Waals surface area contributed by atoms with Crippen molar-refractivity contribution in [3.05, 3.63) is 65.5 Å². The van der Waals surface area contributed by atoms with E-state index in [1.165, 1.54) is 11.6 Å². The summed E-state index contributed by atoms with van der Waals surface area (Å²) in [6, 6.07) is 13.7. The summed E-state index contributed by atoms with van der Waals surface area (Å²) < 4.78 is 13.6. The van der Waals surface area contributed by atoms with E-state index >= 15 is 0 Å². The van der Waals surface area contributed by atoms with Gasteiger partial charge in [-0.15, -0.1) is 0 Å². The first-order valence-corrected chi connectivity index (χ1v) is 8.26. The summed E-state index contributed by atoms with van der Waals surface area (Å²) in [4.78, 5) is 24.8. The lowest BCUT2D eigenvalue weighted by Gasteiger charge is -2.23. The molecule has 0 aliphatic carbocycles. The van der Waals surface area contributed by atoms with Crippen LogP contribution in [0.15, 0.2) is 48.5 Å². The molecule has 0 saturated carbocycles. The minimum atomic E-state index is -1.28. The fourth-order valence-corrected chi connectivity index (χ4v) is 2.25. The van der Waals surface area contributed by atoms with Crippen LogP contribution >= 0.6 is 0 Å². The van der Waals surface area contributed by atoms with Gasteiger partial charge in [-0.3, -0.25) is 9.59 Å². The zero-order chi connectivity index (χ0) is 18.4. The highest BCUT2D eigenvalue weighted by molar-refractivity contribution is 6.09. The van der Waals surface area contributed by atoms with Crippen LogP contribution in [0.1, 0.15) is 31.9 Å². The monoisotopic (exact) mass is 342 g/mol. The van der Waals surface area contributed by atoms with Crippen molar-refractivity contribution < 1.29 is 14.0 Å². The van der Waals surface area contributed by atoms with Gasteiger partial charge in [0.1, 0.15) is 11.2 Å². The van der Waals surface area contributed by atoms with E-state index in [9.17, 15) is 14.0 Å². The van der Waals surface area contributed by atoms with E-state index < -0.39 is 17.2 Å². The normalized spacial score (nSPS) is 11.0. The second-order valence-corrected chi connectivity index (χ2v) is 6.40. The number of carbonyl (C=O) groups is 2. The van der Waals surface area contributed by atoms with Gasteiger partial charge < -0.3 is 10.6 Å². The van der Waals surface area contributed by atoms with Crippen molar-refractivity contribution in [2.75, 3.05) is 5.32 Å². The van der Waals surface area contributed by atoms with Gasteiger partial charge in [-0.25, -0.2) is 4.39 Å². The van der Waals surface area contributed by atoms with Gasteiger partial charge in [-0.05, 0) is 44.0 Å². The molecule has 2 N–H and O–H groups in total. The molecule has 5 heteroatoms. The third-order valence-corrected chi connectivity index (χ3v) is 4.15. The SMILES string of the molecule is CCc1ccc(NC(=O)C(C)(C)C(=O)NCc2ccccc2F)cc1. The Balaban J connectivity index is 1.99. The van der Waals surface area contributed by atoms with Crippen molar-refractivity contribution in [2.24, 2.45) is 5.41 Å². The Morgan fingerprint density at radius 1 is 1.00 bits per heavy atom. The Morgan fingerprint density at radius 3 is 2.24 bits per heavy atom. The number of aryl methyl sites for hydroxylation is 1. The Morgan fingerprint density at radius 2 is 1.64 bits per heavy atom. The van der Waals surface area contributed by atoms with Crippen LogP contribution in [0.4, 0.5) is 10.1 Å². The molecule has 25 heavy (non-hydrogen) atoms. The predicted molar refractivity (Wildman–Crippen MR) is 96.5 cm³/mol. The molecule has 0 unspecified atom stereocenters. The molecular formula is C20H23FN2O2. The number of hydrogen-bond donors (Lipinski definition) is 2. The topological polar surface area (TPSA) is 58.2 Å². The van der Waals surface area contributed by atoms with Gasteiger partial charge in [0, 0.05) is 17.8 Å². The summed E-state index contributed by atoms with van der Waals surface area (Å²) in [5.41, 5.74) is 0.897. The molecule has 0 saturated heterocycles. The molecule has 2 aromatic rings. The maximum absolute atomic E-state index is 13.6. The number of hydrogen-bond acceptors (Lipinski definition) is 2. The van der Waals surface area contributed by atoms with E-state index in [4.69, 9.17) is 0 Å². The summed E-state index contributed by atoms with van der Waals surface area (Å²) in [5.74, 6) is -1.26. The van der Waals surface area contributed by atoms with Crippen LogP contribution in [-0.4, -0.2) is 11.8 Å². The van der Waals surface area contributed by atoms with Gasteiger partial charge in [0.25, 0.3) is 0 Å². The largest absolute Gasteiger partial charge is 0.351 e. The fourth-order valence-electron chi connectivity index (χ4n) is 2.25. The summed E-state index contributed by atoms with van der Waals surface area (Å²) in [6.45, 7) is 5.17. The summed E-state index contributed by atoms with van der Waals surface area (Å²) in [7, 11) is 0. The number of nitrogens with one attached hydrogen (secondary N) is 2. The summed E-state index contributed by atoms with van der Waals surface area (Å²) in [5, 5.41) is 5.38. The van der Waals surface area contributed by atoms with Crippen LogP contribution in [0.2, 0.25) is 0 Å². The Labute approximate surface area is 147 Å². The standard InChI is InChI=1S/C20H23FN2O2/c1-4-14-9-11-16(12-10-14)23-19(25)20(2,3)18(24)22-13-15-7-5-6-8-17(15)21/h5-12H,4,13H2,1-3H3,(H,22,24)(H,23,25). The molecule has 132 valence electrons. The van der Waals surface area contributed by atoms with Crippen LogP contribution in [0.5, 0.6) is 0 Å². The van der Waals surface area contributed by atoms with E-state index in [1.807, 2.05) is 24.3 Å². The van der Waals surface area contributed by atoms with Gasteiger partial charge >= 0.3 is 0 Å². The number of amides is 2. The average molecular weight is 342 g/mol. The lowest BCUT2D eigenvalue weighted by atomic mass is 9.90. The predicted octanol–water partition coefficient (Wildman–Crippen LogP) is 3.67. The van der Waals surface area contributed by atoms with Crippen molar-refractivity contribution in [1.29, 1.82) is 0 Å². The van der Waals surface area contributed by atoms with Gasteiger partial charge in [-0.1, -0.05) is 37.3 Å². The van der Waals surface area contributed by atoms with Crippen molar-refractivity contribution in [1.82, 2.24) is 5.32 Å². The number of rotatable bonds is 6. The third-order valence-electron chi connectivity index (χ3n) is 4.15. The smallest absolute Gasteiger partial charge is 0.239 e. The molecule has 0 bridgehead atoms. The minimum Gasteiger partial charge on any atom is -0.351 e. The molecule has 4 nitrogen and oxygen atoms in total. The number of anilines is 1. The lowest BCUT2D eigenvalue weighted by Crippen LogP contribution is -2.44. The molecule has 0 aliphatic heterocycles. The highest BCUT2D eigenvalue weighted by Gasteiger charge is 2.36. The quantitative estimate of drug-likeness (QED) is 0.787. The van der Waals surface area contributed by atoms with Crippen molar-refractivity contribution in [2.45, 2.75) is 33.7 Å². The number of halogens is 1. The van der Waals surface area contributed by atoms with Crippen LogP contribution < -0.4 is 10.6 Å². The minimum absolute atomic E-state index is 0.0351. The molecule has 0 heterocycles. The molecule has 0 atom stereocenters. The second-order valence-electron chi connectivity index (χ2n) is 6.40. The van der Waals surface area contributed by atoms with Gasteiger partial charge in [0.15, 0.2) is 0 Å². The number of carbonyl (C=O) groups excluding carboxylic acids is 2. The van der Waals surface area contributed by atoms with Gasteiger partial charge in [0.2, 0.25) is 11.8 Å². The first-order valence-electron chi connectivity index (χ1n) is 8.26. The molecule has 2 amide bonds. The Bertz CT molecular complexity index is 755. The Hall–Kier alpha value is -2.69. The second kappa shape index (κ2) is 7.92. The van der Waals surface area contributed by atoms with Crippen molar-refractivity contribution in [3.8, 4) is 0 Å². The molecular weight excluding hydrogens is 319 g/mol. The summed E-state index contributed by atoms with van der Waals surface area (Å²) >= 11 is 0. The molecule has 0 spiro atoms. The zero-order valence-electron chi connectivity index (χ0n) is 14.7. The average Bonchev–Trinajstić information content (AvgIpc) is 2.61. The van der Waals surface area contributed by atoms with E-state index in [1.54, 1.807) is 32.0 Å². The molecule has 0 radical (unpaired) electrons. The van der Waals surface area contributed by atoms with Crippen LogP contribution in [0.25, 0.3) is 0 Å². The van der Waals surface area contributed by atoms with Crippen LogP contribution in [-0.2, 0) is 22.6 Å². The van der Waals surface area contributed by atoms with Crippen molar-refractivity contribution >= 4 is 17.5 Å². The fraction of sp³-hybridized carbons (Fsp3) is 0.300. The molecule has 2 aromatic carbocycles. The highest BCUT2D eigenvalue weighted by Crippen LogP contribution is 2.20. The van der Waals surface area contributed by atoms with Crippen LogP contribution in [0, 0.1) is 11.2 Å². The third kappa shape index (κ3) is 4.66. The summed E-state index contributed by atoms with van der Waals surface area (Å²) in [6.07, 6.45) is 0.915. The molecule has 0 aromatic heterocycles. The molecule has 0 aliphatic rings. The van der Waals surface area contributed by atoms with E-state index in [-0.39, 0.29) is 12.4 Å². The first-order chi connectivity index (χ1) is 11.8.